The first-order valence-corrected chi connectivity index (χ1v) is 7.93. The topological polar surface area (TPSA) is 38.8 Å². The first kappa shape index (κ1) is 17.2. The molecule has 1 aliphatic heterocycles. The monoisotopic (exact) mass is 333 g/mol. The van der Waals surface area contributed by atoms with E-state index in [2.05, 4.69) is 6.58 Å². The SMILES string of the molecule is C=C/C=C\C(=C/C)CN(C(=O)CCl)c1ccc2c(c1)OCCO2. The number of halogens is 1. The molecule has 0 aliphatic carbocycles. The molecule has 0 fully saturated rings. The zero-order valence-electron chi connectivity index (χ0n) is 13.1. The van der Waals surface area contributed by atoms with E-state index in [1.54, 1.807) is 11.0 Å². The molecule has 0 spiro atoms. The molecule has 0 bridgehead atoms. The zero-order valence-corrected chi connectivity index (χ0v) is 13.9. The van der Waals surface area contributed by atoms with E-state index in [0.717, 1.165) is 11.3 Å². The van der Waals surface area contributed by atoms with Crippen LogP contribution in [0.4, 0.5) is 5.69 Å². The average molecular weight is 334 g/mol. The lowest BCUT2D eigenvalue weighted by Gasteiger charge is -2.25. The highest BCUT2D eigenvalue weighted by Crippen LogP contribution is 2.34. The van der Waals surface area contributed by atoms with E-state index in [0.29, 0.717) is 31.3 Å². The predicted molar refractivity (Wildman–Crippen MR) is 93.6 cm³/mol. The molecule has 1 aliphatic rings. The second-order valence-corrected chi connectivity index (χ2v) is 5.17. The maximum absolute atomic E-state index is 12.3. The van der Waals surface area contributed by atoms with Crippen LogP contribution in [-0.4, -0.2) is 31.5 Å². The Labute approximate surface area is 141 Å². The number of rotatable bonds is 6. The highest BCUT2D eigenvalue weighted by atomic mass is 35.5. The van der Waals surface area contributed by atoms with Crippen molar-refractivity contribution < 1.29 is 14.3 Å². The third-order valence-corrected chi connectivity index (χ3v) is 3.64. The minimum absolute atomic E-state index is 0.0867. The summed E-state index contributed by atoms with van der Waals surface area (Å²) in [5.41, 5.74) is 1.71. The molecule has 0 saturated carbocycles. The number of hydrogen-bond acceptors (Lipinski definition) is 3. The van der Waals surface area contributed by atoms with Gasteiger partial charge in [-0.05, 0) is 24.6 Å². The van der Waals surface area contributed by atoms with E-state index in [1.165, 1.54) is 0 Å². The van der Waals surface area contributed by atoms with Gasteiger partial charge in [-0.1, -0.05) is 30.9 Å². The van der Waals surface area contributed by atoms with Crippen molar-refractivity contribution in [3.63, 3.8) is 0 Å². The van der Waals surface area contributed by atoms with Crippen LogP contribution in [-0.2, 0) is 4.79 Å². The van der Waals surface area contributed by atoms with Crippen molar-refractivity contribution in [2.75, 3.05) is 30.5 Å². The zero-order chi connectivity index (χ0) is 16.7. The number of fused-ring (bicyclic) bond motifs is 1. The maximum atomic E-state index is 12.3. The highest BCUT2D eigenvalue weighted by Gasteiger charge is 2.19. The van der Waals surface area contributed by atoms with Crippen molar-refractivity contribution in [2.45, 2.75) is 6.92 Å². The number of carbonyl (C=O) groups is 1. The lowest BCUT2D eigenvalue weighted by Crippen LogP contribution is -2.33. The predicted octanol–water partition coefficient (Wildman–Crippen LogP) is 3.72. The van der Waals surface area contributed by atoms with Gasteiger partial charge in [0.15, 0.2) is 11.5 Å². The van der Waals surface area contributed by atoms with Gasteiger partial charge >= 0.3 is 0 Å². The molecule has 122 valence electrons. The van der Waals surface area contributed by atoms with Crippen LogP contribution in [0.5, 0.6) is 11.5 Å². The minimum atomic E-state index is -0.172. The van der Waals surface area contributed by atoms with Crippen LogP contribution >= 0.6 is 11.6 Å². The molecule has 23 heavy (non-hydrogen) atoms. The number of carbonyl (C=O) groups excluding carboxylic acids is 1. The Kier molecular flexibility index (Phi) is 6.29. The molecule has 0 atom stereocenters. The summed E-state index contributed by atoms with van der Waals surface area (Å²) >= 11 is 5.77. The Morgan fingerprint density at radius 2 is 2.09 bits per heavy atom. The van der Waals surface area contributed by atoms with Gasteiger partial charge in [-0.2, -0.15) is 0 Å². The van der Waals surface area contributed by atoms with E-state index < -0.39 is 0 Å². The number of ether oxygens (including phenoxy) is 2. The minimum Gasteiger partial charge on any atom is -0.486 e. The van der Waals surface area contributed by atoms with Crippen molar-refractivity contribution in [1.82, 2.24) is 0 Å². The third kappa shape index (κ3) is 4.39. The maximum Gasteiger partial charge on any atom is 0.242 e. The Morgan fingerprint density at radius 1 is 1.35 bits per heavy atom. The molecule has 0 unspecified atom stereocenters. The summed E-state index contributed by atoms with van der Waals surface area (Å²) in [5.74, 6) is 1.08. The molecule has 4 nitrogen and oxygen atoms in total. The number of nitrogens with zero attached hydrogens (tertiary/aromatic N) is 1. The number of anilines is 1. The van der Waals surface area contributed by atoms with E-state index in [1.807, 2.05) is 43.4 Å². The van der Waals surface area contributed by atoms with Crippen LogP contribution in [0.1, 0.15) is 6.92 Å². The number of amides is 1. The van der Waals surface area contributed by atoms with Gasteiger partial charge in [0.2, 0.25) is 5.91 Å². The molecule has 5 heteroatoms. The molecule has 1 amide bonds. The fraction of sp³-hybridized carbons (Fsp3) is 0.278. The van der Waals surface area contributed by atoms with Crippen LogP contribution in [0.25, 0.3) is 0 Å². The van der Waals surface area contributed by atoms with Crippen molar-refractivity contribution in [2.24, 2.45) is 0 Å². The number of alkyl halides is 1. The lowest BCUT2D eigenvalue weighted by molar-refractivity contribution is -0.116. The van der Waals surface area contributed by atoms with Crippen molar-refractivity contribution in [3.8, 4) is 11.5 Å². The molecular formula is C18H20ClNO3. The van der Waals surface area contributed by atoms with Crippen LogP contribution in [0.3, 0.4) is 0 Å². The van der Waals surface area contributed by atoms with Crippen molar-refractivity contribution in [1.29, 1.82) is 0 Å². The number of hydrogen-bond donors (Lipinski definition) is 0. The Hall–Kier alpha value is -2.20. The van der Waals surface area contributed by atoms with Crippen molar-refractivity contribution in [3.05, 3.63) is 54.7 Å². The molecule has 0 N–H and O–H groups in total. The first-order chi connectivity index (χ1) is 11.2. The molecular weight excluding hydrogens is 314 g/mol. The molecule has 1 aromatic rings. The van der Waals surface area contributed by atoms with Crippen LogP contribution in [0.15, 0.2) is 54.7 Å². The van der Waals surface area contributed by atoms with Gasteiger partial charge in [0.25, 0.3) is 0 Å². The van der Waals surface area contributed by atoms with Gasteiger partial charge < -0.3 is 14.4 Å². The largest absolute Gasteiger partial charge is 0.486 e. The Balaban J connectivity index is 2.29. The molecule has 0 radical (unpaired) electrons. The second-order valence-electron chi connectivity index (χ2n) is 4.90. The first-order valence-electron chi connectivity index (χ1n) is 7.40. The molecule has 1 heterocycles. The molecule has 0 aromatic heterocycles. The van der Waals surface area contributed by atoms with E-state index in [4.69, 9.17) is 21.1 Å². The Bertz CT molecular complexity index is 637. The van der Waals surface area contributed by atoms with Gasteiger partial charge in [-0.3, -0.25) is 4.79 Å². The molecule has 0 saturated heterocycles. The van der Waals surface area contributed by atoms with E-state index in [9.17, 15) is 4.79 Å². The normalized spacial score (nSPS) is 13.9. The number of benzene rings is 1. The lowest BCUT2D eigenvalue weighted by atomic mass is 10.1. The highest BCUT2D eigenvalue weighted by molar-refractivity contribution is 6.29. The fourth-order valence-electron chi connectivity index (χ4n) is 2.21. The summed E-state index contributed by atoms with van der Waals surface area (Å²) < 4.78 is 11.1. The van der Waals surface area contributed by atoms with Gasteiger partial charge in [-0.15, -0.1) is 11.6 Å². The van der Waals surface area contributed by atoms with Crippen LogP contribution in [0, 0.1) is 0 Å². The van der Waals surface area contributed by atoms with Crippen molar-refractivity contribution >= 4 is 23.2 Å². The quantitative estimate of drug-likeness (QED) is 0.588. The summed E-state index contributed by atoms with van der Waals surface area (Å²) in [7, 11) is 0. The summed E-state index contributed by atoms with van der Waals surface area (Å²) in [6.07, 6.45) is 7.40. The summed E-state index contributed by atoms with van der Waals surface area (Å²) in [5, 5.41) is 0. The summed E-state index contributed by atoms with van der Waals surface area (Å²) in [6.45, 7) is 7.04. The smallest absolute Gasteiger partial charge is 0.242 e. The average Bonchev–Trinajstić information content (AvgIpc) is 2.61. The fourth-order valence-corrected chi connectivity index (χ4v) is 2.35. The van der Waals surface area contributed by atoms with Gasteiger partial charge in [0.1, 0.15) is 19.1 Å². The third-order valence-electron chi connectivity index (χ3n) is 3.41. The van der Waals surface area contributed by atoms with Crippen LogP contribution in [0.2, 0.25) is 0 Å². The molecule has 2 rings (SSSR count). The summed E-state index contributed by atoms with van der Waals surface area (Å²) in [6, 6.07) is 5.46. The standard InChI is InChI=1S/C18H20ClNO3/c1-3-5-6-14(4-2)13-20(18(21)12-19)15-7-8-16-17(11-15)23-10-9-22-16/h3-8,11H,1,9-10,12-13H2,2H3/b6-5-,14-4+. The summed E-state index contributed by atoms with van der Waals surface area (Å²) in [4.78, 5) is 13.9. The molecule has 1 aromatic carbocycles. The Morgan fingerprint density at radius 3 is 2.74 bits per heavy atom. The van der Waals surface area contributed by atoms with E-state index >= 15 is 0 Å². The number of allylic oxidation sites excluding steroid dienone is 3. The second kappa shape index (κ2) is 8.44. The van der Waals surface area contributed by atoms with Gasteiger partial charge in [-0.25, -0.2) is 0 Å². The van der Waals surface area contributed by atoms with E-state index in [-0.39, 0.29) is 11.8 Å². The van der Waals surface area contributed by atoms with Gasteiger partial charge in [0, 0.05) is 11.8 Å². The van der Waals surface area contributed by atoms with Gasteiger partial charge in [0.05, 0.1) is 6.54 Å². The van der Waals surface area contributed by atoms with Crippen LogP contribution < -0.4 is 14.4 Å².